The van der Waals surface area contributed by atoms with E-state index in [4.69, 9.17) is 11.6 Å². The summed E-state index contributed by atoms with van der Waals surface area (Å²) in [6, 6.07) is 2.86. The average molecular weight is 364 g/mol. The molecule has 98 valence electrons. The maximum absolute atomic E-state index is 12.5. The van der Waals surface area contributed by atoms with Crippen LogP contribution in [0.1, 0.15) is 0 Å². The molecule has 0 aromatic carbocycles. The van der Waals surface area contributed by atoms with Crippen molar-refractivity contribution in [1.82, 2.24) is 8.96 Å². The molecule has 10 heteroatoms. The van der Waals surface area contributed by atoms with Crippen molar-refractivity contribution in [2.75, 3.05) is 0 Å². The quantitative estimate of drug-likeness (QED) is 0.782. The fourth-order valence-corrected chi connectivity index (χ4v) is 3.29. The summed E-state index contributed by atoms with van der Waals surface area (Å²) < 4.78 is 60.4. The van der Waals surface area contributed by atoms with Crippen molar-refractivity contribution in [2.45, 2.75) is 5.51 Å². The van der Waals surface area contributed by atoms with E-state index in [-0.39, 0.29) is 19.5 Å². The molecule has 0 aliphatic carbocycles. The van der Waals surface area contributed by atoms with Gasteiger partial charge in [-0.15, -0.1) is 0 Å². The van der Waals surface area contributed by atoms with Gasteiger partial charge in [0.05, 0.1) is 4.47 Å². The summed E-state index contributed by atoms with van der Waals surface area (Å²) in [5, 5.41) is -0.420. The molecule has 0 atom stereocenters. The van der Waals surface area contributed by atoms with Crippen LogP contribution in [-0.4, -0.2) is 22.9 Å². The summed E-state index contributed by atoms with van der Waals surface area (Å²) in [5.74, 6) is 0. The molecule has 0 N–H and O–H groups in total. The highest BCUT2D eigenvalue weighted by Crippen LogP contribution is 2.38. The smallest absolute Gasteiger partial charge is 0.237 e. The number of pyridine rings is 1. The number of aromatic nitrogens is 2. The van der Waals surface area contributed by atoms with Crippen molar-refractivity contribution < 1.29 is 21.6 Å². The summed E-state index contributed by atoms with van der Waals surface area (Å²) in [6.07, 6.45) is 1.17. The Morgan fingerprint density at radius 1 is 1.39 bits per heavy atom. The SMILES string of the molecule is O=S(=O)(n1c(Cl)c(Br)c2cccnc21)C(F)(F)F. The van der Waals surface area contributed by atoms with Gasteiger partial charge in [0.2, 0.25) is 0 Å². The van der Waals surface area contributed by atoms with Crippen molar-refractivity contribution in [3.05, 3.63) is 28.0 Å². The first-order chi connectivity index (χ1) is 8.18. The van der Waals surface area contributed by atoms with Crippen LogP contribution >= 0.6 is 27.5 Å². The number of fused-ring (bicyclic) bond motifs is 1. The molecule has 0 spiro atoms. The Morgan fingerprint density at radius 2 is 2.00 bits per heavy atom. The molecule has 2 aromatic heterocycles. The second kappa shape index (κ2) is 4.10. The van der Waals surface area contributed by atoms with E-state index in [1.807, 2.05) is 0 Å². The van der Waals surface area contributed by atoms with Gasteiger partial charge in [-0.2, -0.15) is 21.6 Å². The largest absolute Gasteiger partial charge is 0.517 e. The minimum absolute atomic E-state index is 0.0338. The molecule has 0 aliphatic rings. The lowest BCUT2D eigenvalue weighted by Gasteiger charge is -2.10. The molecule has 0 aliphatic heterocycles. The summed E-state index contributed by atoms with van der Waals surface area (Å²) >= 11 is 8.56. The third kappa shape index (κ3) is 1.81. The summed E-state index contributed by atoms with van der Waals surface area (Å²) in [4.78, 5) is 3.61. The highest BCUT2D eigenvalue weighted by Gasteiger charge is 2.49. The number of halogens is 5. The summed E-state index contributed by atoms with van der Waals surface area (Å²) in [6.45, 7) is 0. The van der Waals surface area contributed by atoms with E-state index in [0.717, 1.165) is 0 Å². The molecular formula is C8H3BrClF3N2O2S. The normalized spacial score (nSPS) is 13.2. The Balaban J connectivity index is 2.94. The van der Waals surface area contributed by atoms with Crippen LogP contribution in [0, 0.1) is 0 Å². The van der Waals surface area contributed by atoms with Crippen LogP contribution in [-0.2, 0) is 10.0 Å². The van der Waals surface area contributed by atoms with Crippen LogP contribution in [0.15, 0.2) is 22.8 Å². The van der Waals surface area contributed by atoms with Crippen LogP contribution in [0.2, 0.25) is 5.15 Å². The molecule has 2 rings (SSSR count). The number of nitrogens with zero attached hydrogens (tertiary/aromatic N) is 2. The minimum Gasteiger partial charge on any atom is -0.237 e. The first-order valence-electron chi connectivity index (χ1n) is 4.30. The first kappa shape index (κ1) is 13.6. The van der Waals surface area contributed by atoms with Gasteiger partial charge in [0, 0.05) is 11.6 Å². The van der Waals surface area contributed by atoms with Crippen molar-refractivity contribution >= 4 is 48.6 Å². The standard InChI is InChI=1S/C8H3BrClF3N2O2S/c9-5-4-2-1-3-14-7(4)15(6(5)10)18(16,17)8(11,12)13/h1-3H. The van der Waals surface area contributed by atoms with Crippen molar-refractivity contribution in [3.8, 4) is 0 Å². The Morgan fingerprint density at radius 3 is 2.56 bits per heavy atom. The molecule has 2 heterocycles. The molecule has 0 fully saturated rings. The minimum atomic E-state index is -5.62. The highest BCUT2D eigenvalue weighted by molar-refractivity contribution is 9.10. The van der Waals surface area contributed by atoms with Gasteiger partial charge < -0.3 is 0 Å². The van der Waals surface area contributed by atoms with Gasteiger partial charge in [-0.1, -0.05) is 11.6 Å². The maximum atomic E-state index is 12.5. The van der Waals surface area contributed by atoms with Crippen LogP contribution in [0.5, 0.6) is 0 Å². The topological polar surface area (TPSA) is 52.0 Å². The second-order valence-electron chi connectivity index (χ2n) is 3.19. The molecular weight excluding hydrogens is 361 g/mol. The van der Waals surface area contributed by atoms with Gasteiger partial charge in [0.1, 0.15) is 5.15 Å². The van der Waals surface area contributed by atoms with Crippen LogP contribution in [0.25, 0.3) is 11.0 Å². The van der Waals surface area contributed by atoms with E-state index in [2.05, 4.69) is 20.9 Å². The third-order valence-corrected chi connectivity index (χ3v) is 5.02. The van der Waals surface area contributed by atoms with Crippen molar-refractivity contribution in [1.29, 1.82) is 0 Å². The maximum Gasteiger partial charge on any atom is 0.517 e. The second-order valence-corrected chi connectivity index (χ2v) is 6.12. The van der Waals surface area contributed by atoms with Gasteiger partial charge in [0.25, 0.3) is 0 Å². The Bertz CT molecular complexity index is 726. The van der Waals surface area contributed by atoms with Gasteiger partial charge >= 0.3 is 15.5 Å². The van der Waals surface area contributed by atoms with E-state index in [0.29, 0.717) is 0 Å². The fourth-order valence-electron chi connectivity index (χ4n) is 1.35. The van der Waals surface area contributed by atoms with E-state index in [1.54, 1.807) is 0 Å². The zero-order valence-electron chi connectivity index (χ0n) is 8.24. The third-order valence-electron chi connectivity index (χ3n) is 2.11. The summed E-state index contributed by atoms with van der Waals surface area (Å²) in [7, 11) is -5.62. The van der Waals surface area contributed by atoms with Gasteiger partial charge in [-0.05, 0) is 28.1 Å². The van der Waals surface area contributed by atoms with Gasteiger partial charge in [-0.3, -0.25) is 0 Å². The molecule has 18 heavy (non-hydrogen) atoms. The molecule has 0 unspecified atom stereocenters. The molecule has 2 aromatic rings. The molecule has 0 saturated carbocycles. The number of alkyl halides is 3. The van der Waals surface area contributed by atoms with Gasteiger partial charge in [0.15, 0.2) is 5.65 Å². The molecule has 4 nitrogen and oxygen atoms in total. The zero-order valence-corrected chi connectivity index (χ0v) is 11.4. The van der Waals surface area contributed by atoms with Crippen LogP contribution < -0.4 is 0 Å². The molecule has 0 bridgehead atoms. The molecule has 0 radical (unpaired) electrons. The van der Waals surface area contributed by atoms with E-state index in [9.17, 15) is 21.6 Å². The average Bonchev–Trinajstić information content (AvgIpc) is 2.51. The predicted octanol–water partition coefficient (Wildman–Crippen LogP) is 3.15. The highest BCUT2D eigenvalue weighted by atomic mass is 79.9. The Hall–Kier alpha value is -0.800. The summed E-state index contributed by atoms with van der Waals surface area (Å²) in [5.41, 5.74) is -5.84. The van der Waals surface area contributed by atoms with Gasteiger partial charge in [-0.25, -0.2) is 8.96 Å². The van der Waals surface area contributed by atoms with E-state index < -0.39 is 20.7 Å². The molecule has 0 saturated heterocycles. The predicted molar refractivity (Wildman–Crippen MR) is 62.8 cm³/mol. The number of rotatable bonds is 1. The van der Waals surface area contributed by atoms with Crippen molar-refractivity contribution in [2.24, 2.45) is 0 Å². The van der Waals surface area contributed by atoms with Crippen LogP contribution in [0.3, 0.4) is 0 Å². The molecule has 0 amide bonds. The lowest BCUT2D eigenvalue weighted by Crippen LogP contribution is -2.29. The van der Waals surface area contributed by atoms with Crippen molar-refractivity contribution in [3.63, 3.8) is 0 Å². The lowest BCUT2D eigenvalue weighted by molar-refractivity contribution is -0.0445. The number of hydrogen-bond donors (Lipinski definition) is 0. The first-order valence-corrected chi connectivity index (χ1v) is 6.91. The lowest BCUT2D eigenvalue weighted by atomic mass is 10.3. The Labute approximate surface area is 113 Å². The zero-order chi connectivity index (χ0) is 13.7. The number of hydrogen-bond acceptors (Lipinski definition) is 3. The fraction of sp³-hybridized carbons (Fsp3) is 0.125. The van der Waals surface area contributed by atoms with E-state index >= 15 is 0 Å². The Kier molecular flexibility index (Phi) is 3.11. The monoisotopic (exact) mass is 362 g/mol. The van der Waals surface area contributed by atoms with Crippen LogP contribution in [0.4, 0.5) is 13.2 Å². The van der Waals surface area contributed by atoms with E-state index in [1.165, 1.54) is 18.3 Å².